The van der Waals surface area contributed by atoms with E-state index in [-0.39, 0.29) is 17.6 Å². The number of nitrogens with two attached hydrogens (primary N) is 1. The lowest BCUT2D eigenvalue weighted by Crippen LogP contribution is -2.25. The molecule has 0 saturated carbocycles. The van der Waals surface area contributed by atoms with Gasteiger partial charge < -0.3 is 11.1 Å². The van der Waals surface area contributed by atoms with Gasteiger partial charge in [-0.2, -0.15) is 5.26 Å². The molecule has 2 aromatic heterocycles. The molecule has 0 aliphatic heterocycles. The van der Waals surface area contributed by atoms with E-state index in [1.807, 2.05) is 18.4 Å². The molecule has 2 aromatic rings. The molecule has 1 amide bonds. The normalized spacial score (nSPS) is 11.9. The van der Waals surface area contributed by atoms with Crippen LogP contribution in [-0.4, -0.2) is 31.4 Å². The summed E-state index contributed by atoms with van der Waals surface area (Å²) in [6.07, 6.45) is 0. The molecule has 8 nitrogen and oxygen atoms in total. The van der Waals surface area contributed by atoms with Crippen molar-refractivity contribution in [3.63, 3.8) is 0 Å². The molecule has 3 N–H and O–H groups in total. The van der Waals surface area contributed by atoms with Gasteiger partial charge in [-0.25, -0.2) is 4.98 Å². The Kier molecular flexibility index (Phi) is 4.77. The maximum atomic E-state index is 12.2. The molecule has 1 atom stereocenters. The first-order chi connectivity index (χ1) is 10.0. The second-order valence-electron chi connectivity index (χ2n) is 4.12. The van der Waals surface area contributed by atoms with Crippen molar-refractivity contribution >= 4 is 40.1 Å². The summed E-state index contributed by atoms with van der Waals surface area (Å²) in [6, 6.07) is 1.39. The molecule has 0 aromatic carbocycles. The summed E-state index contributed by atoms with van der Waals surface area (Å²) in [5, 5.41) is 21.8. The monoisotopic (exact) mass is 323 g/mol. The molecule has 0 spiro atoms. The molecule has 2 heterocycles. The van der Waals surface area contributed by atoms with Crippen molar-refractivity contribution in [2.24, 2.45) is 0 Å². The number of nitrogen functional groups attached to an aromatic ring is 1. The van der Waals surface area contributed by atoms with Crippen molar-refractivity contribution in [2.45, 2.75) is 25.0 Å². The van der Waals surface area contributed by atoms with Crippen molar-refractivity contribution in [3.8, 4) is 6.07 Å². The van der Waals surface area contributed by atoms with Crippen LogP contribution in [0.5, 0.6) is 0 Å². The summed E-state index contributed by atoms with van der Waals surface area (Å²) < 4.78 is 1.50. The van der Waals surface area contributed by atoms with Gasteiger partial charge in [-0.1, -0.05) is 11.8 Å². The Labute approximate surface area is 129 Å². The van der Waals surface area contributed by atoms with Crippen LogP contribution in [0.25, 0.3) is 0 Å². The van der Waals surface area contributed by atoms with Gasteiger partial charge in [-0.05, 0) is 13.8 Å². The first-order valence-corrected chi connectivity index (χ1v) is 7.82. The highest BCUT2D eigenvalue weighted by Crippen LogP contribution is 2.24. The number of nitrogens with one attached hydrogen (secondary N) is 1. The molecule has 10 heteroatoms. The molecular weight excluding hydrogens is 310 g/mol. The summed E-state index contributed by atoms with van der Waals surface area (Å²) in [5.41, 5.74) is 6.59. The Morgan fingerprint density at radius 2 is 2.43 bits per heavy atom. The van der Waals surface area contributed by atoms with Gasteiger partial charge in [-0.3, -0.25) is 9.36 Å². The topological polar surface area (TPSA) is 123 Å². The minimum absolute atomic E-state index is 0.133. The number of thiazole rings is 1. The fraction of sp³-hybridized carbons (Fsp3) is 0.364. The van der Waals surface area contributed by atoms with Crippen LogP contribution in [0.15, 0.2) is 10.5 Å². The summed E-state index contributed by atoms with van der Waals surface area (Å²) in [7, 11) is 0. The van der Waals surface area contributed by atoms with Crippen molar-refractivity contribution in [3.05, 3.63) is 11.1 Å². The van der Waals surface area contributed by atoms with Crippen LogP contribution in [0.1, 0.15) is 18.7 Å². The summed E-state index contributed by atoms with van der Waals surface area (Å²) in [4.78, 5) is 16.4. The molecule has 21 heavy (non-hydrogen) atoms. The third-order valence-electron chi connectivity index (χ3n) is 2.57. The van der Waals surface area contributed by atoms with Gasteiger partial charge in [-0.15, -0.1) is 21.5 Å². The third-order valence-corrected chi connectivity index (χ3v) is 4.26. The fourth-order valence-electron chi connectivity index (χ4n) is 1.59. The van der Waals surface area contributed by atoms with Crippen LogP contribution in [0.4, 0.5) is 11.1 Å². The highest BCUT2D eigenvalue weighted by molar-refractivity contribution is 7.99. The molecular formula is C11H13N7OS2. The number of amides is 1. The lowest BCUT2D eigenvalue weighted by molar-refractivity contribution is -0.118. The standard InChI is InChI=1S/C11H13N7OS2/c1-6-5-21-10(14-6)15-8(19)7(2)18-9(13)16-17-11(18)20-4-3-12/h5,7H,4H2,1-2H3,(H2,13,16)(H,14,15,19). The predicted octanol–water partition coefficient (Wildman–Crippen LogP) is 1.44. The largest absolute Gasteiger partial charge is 0.368 e. The van der Waals surface area contributed by atoms with E-state index in [9.17, 15) is 4.79 Å². The molecule has 0 radical (unpaired) electrons. The highest BCUT2D eigenvalue weighted by atomic mass is 32.2. The number of hydrogen-bond acceptors (Lipinski definition) is 8. The first-order valence-electron chi connectivity index (χ1n) is 5.96. The molecule has 0 fully saturated rings. The third kappa shape index (κ3) is 3.50. The van der Waals surface area contributed by atoms with Gasteiger partial charge >= 0.3 is 0 Å². The average molecular weight is 323 g/mol. The van der Waals surface area contributed by atoms with Gasteiger partial charge in [0.05, 0.1) is 17.5 Å². The van der Waals surface area contributed by atoms with Crippen LogP contribution in [0.2, 0.25) is 0 Å². The van der Waals surface area contributed by atoms with Gasteiger partial charge in [0.1, 0.15) is 6.04 Å². The lowest BCUT2D eigenvalue weighted by Gasteiger charge is -2.14. The zero-order valence-corrected chi connectivity index (χ0v) is 13.0. The summed E-state index contributed by atoms with van der Waals surface area (Å²) >= 11 is 2.53. The number of thioether (sulfide) groups is 1. The van der Waals surface area contributed by atoms with Crippen molar-refractivity contribution in [1.29, 1.82) is 5.26 Å². The van der Waals surface area contributed by atoms with Crippen LogP contribution in [-0.2, 0) is 4.79 Å². The highest BCUT2D eigenvalue weighted by Gasteiger charge is 2.22. The Bertz CT molecular complexity index is 687. The number of hydrogen-bond donors (Lipinski definition) is 2. The number of carbonyl (C=O) groups is 1. The van der Waals surface area contributed by atoms with E-state index >= 15 is 0 Å². The quantitative estimate of drug-likeness (QED) is 0.798. The van der Waals surface area contributed by atoms with Crippen LogP contribution in [0.3, 0.4) is 0 Å². The molecule has 2 rings (SSSR count). The van der Waals surface area contributed by atoms with Crippen LogP contribution in [0, 0.1) is 18.3 Å². The van der Waals surface area contributed by atoms with Crippen molar-refractivity contribution in [1.82, 2.24) is 19.7 Å². The Morgan fingerprint density at radius 3 is 3.05 bits per heavy atom. The molecule has 0 saturated heterocycles. The van der Waals surface area contributed by atoms with Gasteiger partial charge in [0.15, 0.2) is 10.3 Å². The van der Waals surface area contributed by atoms with Gasteiger partial charge in [0.2, 0.25) is 11.9 Å². The second-order valence-corrected chi connectivity index (χ2v) is 5.92. The Balaban J connectivity index is 2.15. The molecule has 1 unspecified atom stereocenters. The molecule has 0 aliphatic carbocycles. The van der Waals surface area contributed by atoms with Crippen LogP contribution >= 0.6 is 23.1 Å². The fourth-order valence-corrected chi connectivity index (χ4v) is 2.96. The number of carbonyl (C=O) groups excluding carboxylic acids is 1. The maximum absolute atomic E-state index is 12.2. The van der Waals surface area contributed by atoms with E-state index in [0.29, 0.717) is 10.3 Å². The molecule has 0 bridgehead atoms. The Morgan fingerprint density at radius 1 is 1.67 bits per heavy atom. The van der Waals surface area contributed by atoms with E-state index in [1.165, 1.54) is 27.7 Å². The number of aromatic nitrogens is 4. The molecule has 0 aliphatic rings. The predicted molar refractivity (Wildman–Crippen MR) is 81.0 cm³/mol. The Hall–Kier alpha value is -2.12. The van der Waals surface area contributed by atoms with Gasteiger partial charge in [0.25, 0.3) is 0 Å². The minimum Gasteiger partial charge on any atom is -0.368 e. The minimum atomic E-state index is -0.606. The van der Waals surface area contributed by atoms with Gasteiger partial charge in [0, 0.05) is 5.38 Å². The number of anilines is 2. The van der Waals surface area contributed by atoms with Crippen molar-refractivity contribution < 1.29 is 4.79 Å². The van der Waals surface area contributed by atoms with E-state index in [4.69, 9.17) is 11.0 Å². The average Bonchev–Trinajstić information content (AvgIpc) is 3.02. The number of nitrogens with zero attached hydrogens (tertiary/aromatic N) is 5. The number of rotatable bonds is 5. The maximum Gasteiger partial charge on any atom is 0.249 e. The zero-order chi connectivity index (χ0) is 15.4. The van der Waals surface area contributed by atoms with Crippen molar-refractivity contribution in [2.75, 3.05) is 16.8 Å². The smallest absolute Gasteiger partial charge is 0.249 e. The zero-order valence-electron chi connectivity index (χ0n) is 11.4. The van der Waals surface area contributed by atoms with E-state index in [0.717, 1.165) is 5.69 Å². The lowest BCUT2D eigenvalue weighted by atomic mass is 10.3. The number of nitriles is 1. The van der Waals surface area contributed by atoms with Crippen LogP contribution < -0.4 is 11.1 Å². The van der Waals surface area contributed by atoms with E-state index in [1.54, 1.807) is 6.92 Å². The summed E-state index contributed by atoms with van der Waals surface area (Å²) in [6.45, 7) is 3.54. The summed E-state index contributed by atoms with van der Waals surface area (Å²) in [5.74, 6) is 0.0704. The first kappa shape index (κ1) is 15.3. The molecule has 110 valence electrons. The van der Waals surface area contributed by atoms with E-state index < -0.39 is 6.04 Å². The number of aryl methyl sites for hydroxylation is 1. The SMILES string of the molecule is Cc1csc(NC(=O)C(C)n2c(N)nnc2SCC#N)n1. The second kappa shape index (κ2) is 6.55. The van der Waals surface area contributed by atoms with E-state index in [2.05, 4.69) is 20.5 Å².